The highest BCUT2D eigenvalue weighted by atomic mass is 16.5. The Labute approximate surface area is 120 Å². The molecule has 0 aromatic heterocycles. The Balaban J connectivity index is 2.23. The Bertz CT molecular complexity index is 420. The van der Waals surface area contributed by atoms with Crippen LogP contribution < -0.4 is 4.74 Å². The molecule has 0 saturated heterocycles. The van der Waals surface area contributed by atoms with E-state index in [0.717, 1.165) is 11.3 Å². The molecule has 0 spiro atoms. The zero-order chi connectivity index (χ0) is 14.5. The van der Waals surface area contributed by atoms with E-state index in [9.17, 15) is 0 Å². The molecule has 0 radical (unpaired) electrons. The van der Waals surface area contributed by atoms with E-state index in [1.54, 1.807) is 0 Å². The lowest BCUT2D eigenvalue weighted by atomic mass is 10.2. The van der Waals surface area contributed by atoms with E-state index in [1.165, 1.54) is 0 Å². The van der Waals surface area contributed by atoms with Crippen LogP contribution in [0.4, 0.5) is 0 Å². The second-order valence-electron chi connectivity index (χ2n) is 3.96. The lowest BCUT2D eigenvalue weighted by molar-refractivity contribution is 0.0405. The maximum Gasteiger partial charge on any atom is 0.120 e. The summed E-state index contributed by atoms with van der Waals surface area (Å²) >= 11 is 0. The van der Waals surface area contributed by atoms with Gasteiger partial charge in [0.25, 0.3) is 0 Å². The average molecular weight is 278 g/mol. The van der Waals surface area contributed by atoms with Crippen molar-refractivity contribution < 1.29 is 19.3 Å². The summed E-state index contributed by atoms with van der Waals surface area (Å²) in [6.07, 6.45) is 0.485. The minimum atomic E-state index is 0.0856. The second-order valence-corrected chi connectivity index (χ2v) is 3.96. The fourth-order valence-corrected chi connectivity index (χ4v) is 1.47. The smallest absolute Gasteiger partial charge is 0.120 e. The lowest BCUT2D eigenvalue weighted by Crippen LogP contribution is -2.10. The molecule has 0 fully saturated rings. The number of benzene rings is 1. The van der Waals surface area contributed by atoms with E-state index in [0.29, 0.717) is 39.5 Å². The Hall–Kier alpha value is -1.54. The van der Waals surface area contributed by atoms with Crippen molar-refractivity contribution in [1.82, 2.24) is 0 Å². The van der Waals surface area contributed by atoms with Gasteiger partial charge in [0.2, 0.25) is 0 Å². The first-order valence-corrected chi connectivity index (χ1v) is 6.85. The largest absolute Gasteiger partial charge is 0.491 e. The van der Waals surface area contributed by atoms with E-state index in [2.05, 4.69) is 11.8 Å². The number of rotatable bonds is 9. The molecule has 1 aromatic rings. The third-order valence-electron chi connectivity index (χ3n) is 2.38. The molecule has 0 atom stereocenters. The molecule has 4 nitrogen and oxygen atoms in total. The number of ether oxygens (including phenoxy) is 3. The fourth-order valence-electron chi connectivity index (χ4n) is 1.47. The van der Waals surface area contributed by atoms with E-state index in [1.807, 2.05) is 31.2 Å². The van der Waals surface area contributed by atoms with Crippen molar-refractivity contribution in [3.8, 4) is 17.6 Å². The topological polar surface area (TPSA) is 47.9 Å². The van der Waals surface area contributed by atoms with Crippen LogP contribution in [0.25, 0.3) is 0 Å². The highest BCUT2D eigenvalue weighted by Gasteiger charge is 1.95. The monoisotopic (exact) mass is 278 g/mol. The molecule has 0 aliphatic carbocycles. The highest BCUT2D eigenvalue weighted by molar-refractivity contribution is 5.39. The van der Waals surface area contributed by atoms with Gasteiger partial charge in [0.05, 0.1) is 26.4 Å². The summed E-state index contributed by atoms with van der Waals surface area (Å²) in [4.78, 5) is 0. The van der Waals surface area contributed by atoms with E-state index < -0.39 is 0 Å². The van der Waals surface area contributed by atoms with Crippen molar-refractivity contribution in [2.75, 3.05) is 39.6 Å². The Morgan fingerprint density at radius 3 is 2.70 bits per heavy atom. The van der Waals surface area contributed by atoms with E-state index in [4.69, 9.17) is 19.3 Å². The first kappa shape index (κ1) is 16.5. The molecule has 20 heavy (non-hydrogen) atoms. The quantitative estimate of drug-likeness (QED) is 0.553. The third kappa shape index (κ3) is 7.80. The lowest BCUT2D eigenvalue weighted by Gasteiger charge is -2.07. The van der Waals surface area contributed by atoms with Gasteiger partial charge >= 0.3 is 0 Å². The summed E-state index contributed by atoms with van der Waals surface area (Å²) in [5.41, 5.74) is 0.883. The van der Waals surface area contributed by atoms with Crippen LogP contribution in [0, 0.1) is 11.8 Å². The predicted octanol–water partition coefficient (Wildman–Crippen LogP) is 1.85. The third-order valence-corrected chi connectivity index (χ3v) is 2.38. The molecule has 0 unspecified atom stereocenters. The Morgan fingerprint density at radius 2 is 1.90 bits per heavy atom. The van der Waals surface area contributed by atoms with Crippen molar-refractivity contribution in [3.63, 3.8) is 0 Å². The van der Waals surface area contributed by atoms with E-state index in [-0.39, 0.29) is 6.61 Å². The summed E-state index contributed by atoms with van der Waals surface area (Å²) < 4.78 is 16.1. The zero-order valence-corrected chi connectivity index (χ0v) is 11.9. The van der Waals surface area contributed by atoms with Crippen LogP contribution >= 0.6 is 0 Å². The van der Waals surface area contributed by atoms with Gasteiger partial charge in [-0.05, 0) is 25.1 Å². The zero-order valence-electron chi connectivity index (χ0n) is 11.9. The van der Waals surface area contributed by atoms with Crippen LogP contribution in [0.1, 0.15) is 18.9 Å². The van der Waals surface area contributed by atoms with Crippen LogP contribution in [-0.4, -0.2) is 44.7 Å². The van der Waals surface area contributed by atoms with Gasteiger partial charge in [-0.15, -0.1) is 0 Å². The van der Waals surface area contributed by atoms with Crippen LogP contribution in [-0.2, 0) is 9.47 Å². The molecular formula is C16H22O4. The van der Waals surface area contributed by atoms with Gasteiger partial charge in [0, 0.05) is 18.6 Å². The van der Waals surface area contributed by atoms with Crippen molar-refractivity contribution in [1.29, 1.82) is 0 Å². The van der Waals surface area contributed by atoms with Crippen LogP contribution in [0.3, 0.4) is 0 Å². The molecule has 0 heterocycles. The van der Waals surface area contributed by atoms with Crippen molar-refractivity contribution >= 4 is 0 Å². The van der Waals surface area contributed by atoms with Gasteiger partial charge in [-0.1, -0.05) is 17.9 Å². The fraction of sp³-hybridized carbons (Fsp3) is 0.500. The Kier molecular flexibility index (Phi) is 9.33. The first-order chi connectivity index (χ1) is 9.86. The molecule has 110 valence electrons. The summed E-state index contributed by atoms with van der Waals surface area (Å²) in [5.74, 6) is 6.63. The van der Waals surface area contributed by atoms with Gasteiger partial charge in [0.1, 0.15) is 12.4 Å². The molecule has 4 heteroatoms. The predicted molar refractivity (Wildman–Crippen MR) is 77.8 cm³/mol. The molecule has 1 aromatic carbocycles. The Morgan fingerprint density at radius 1 is 1.10 bits per heavy atom. The maximum atomic E-state index is 8.67. The SMILES string of the molecule is CCOCCOCCOc1cccc(C#CCCO)c1. The van der Waals surface area contributed by atoms with Crippen LogP contribution in [0.2, 0.25) is 0 Å². The van der Waals surface area contributed by atoms with Crippen LogP contribution in [0.15, 0.2) is 24.3 Å². The number of hydrogen-bond acceptors (Lipinski definition) is 4. The highest BCUT2D eigenvalue weighted by Crippen LogP contribution is 2.12. The average Bonchev–Trinajstić information content (AvgIpc) is 2.47. The number of hydrogen-bond donors (Lipinski definition) is 1. The molecular weight excluding hydrogens is 256 g/mol. The minimum Gasteiger partial charge on any atom is -0.491 e. The normalized spacial score (nSPS) is 9.90. The molecule has 1 N–H and O–H groups in total. The standard InChI is InChI=1S/C16H22O4/c1-2-18-10-11-19-12-13-20-16-8-5-7-15(14-16)6-3-4-9-17/h5,7-8,14,17H,2,4,9-13H2,1H3. The van der Waals surface area contributed by atoms with Gasteiger partial charge in [-0.2, -0.15) is 0 Å². The van der Waals surface area contributed by atoms with Gasteiger partial charge < -0.3 is 19.3 Å². The molecule has 1 rings (SSSR count). The van der Waals surface area contributed by atoms with Crippen molar-refractivity contribution in [3.05, 3.63) is 29.8 Å². The summed E-state index contributed by atoms with van der Waals surface area (Å²) in [5, 5.41) is 8.67. The number of aliphatic hydroxyl groups excluding tert-OH is 1. The molecule has 0 saturated carbocycles. The van der Waals surface area contributed by atoms with Gasteiger partial charge in [0.15, 0.2) is 0 Å². The van der Waals surface area contributed by atoms with Crippen molar-refractivity contribution in [2.45, 2.75) is 13.3 Å². The minimum absolute atomic E-state index is 0.0856. The van der Waals surface area contributed by atoms with Crippen molar-refractivity contribution in [2.24, 2.45) is 0 Å². The van der Waals surface area contributed by atoms with Gasteiger partial charge in [-0.3, -0.25) is 0 Å². The molecule has 0 bridgehead atoms. The van der Waals surface area contributed by atoms with E-state index >= 15 is 0 Å². The summed E-state index contributed by atoms with van der Waals surface area (Å²) in [6, 6.07) is 7.58. The summed E-state index contributed by atoms with van der Waals surface area (Å²) in [7, 11) is 0. The van der Waals surface area contributed by atoms with Crippen LogP contribution in [0.5, 0.6) is 5.75 Å². The molecule has 0 aliphatic heterocycles. The number of aliphatic hydroxyl groups is 1. The maximum absolute atomic E-state index is 8.67. The van der Waals surface area contributed by atoms with Gasteiger partial charge in [-0.25, -0.2) is 0 Å². The first-order valence-electron chi connectivity index (χ1n) is 6.85. The molecule has 0 aliphatic rings. The second kappa shape index (κ2) is 11.3. The molecule has 0 amide bonds. The summed E-state index contributed by atoms with van der Waals surface area (Å²) in [6.45, 7) is 5.00.